The van der Waals surface area contributed by atoms with Crippen molar-refractivity contribution in [1.82, 2.24) is 10.6 Å². The van der Waals surface area contributed by atoms with Crippen LogP contribution < -0.4 is 10.6 Å². The molecule has 5 saturated carbocycles. The van der Waals surface area contributed by atoms with Gasteiger partial charge in [0.1, 0.15) is 5.78 Å². The summed E-state index contributed by atoms with van der Waals surface area (Å²) >= 11 is 0. The van der Waals surface area contributed by atoms with Crippen LogP contribution in [0.5, 0.6) is 0 Å². The summed E-state index contributed by atoms with van der Waals surface area (Å²) in [6.07, 6.45) is 8.31. The molecule has 2 unspecified atom stereocenters. The lowest BCUT2D eigenvalue weighted by atomic mass is 9.52. The normalized spacial score (nSPS) is 42.0. The van der Waals surface area contributed by atoms with Gasteiger partial charge in [0.2, 0.25) is 5.91 Å². The molecule has 0 heterocycles. The molecule has 5 rings (SSSR count). The van der Waals surface area contributed by atoms with E-state index in [9.17, 15) is 14.4 Å². The lowest BCUT2D eigenvalue weighted by molar-refractivity contribution is -0.140. The van der Waals surface area contributed by atoms with Crippen LogP contribution in [0.2, 0.25) is 0 Å². The average Bonchev–Trinajstić information content (AvgIpc) is 2.48. The quantitative estimate of drug-likeness (QED) is 0.806. The number of carbonyl (C=O) groups excluding carboxylic acids is 3. The zero-order chi connectivity index (χ0) is 18.7. The maximum atomic E-state index is 12.5. The van der Waals surface area contributed by atoms with Gasteiger partial charge >= 0.3 is 6.03 Å². The lowest BCUT2D eigenvalue weighted by Crippen LogP contribution is -2.62. The van der Waals surface area contributed by atoms with Gasteiger partial charge in [-0.2, -0.15) is 0 Å². The van der Waals surface area contributed by atoms with Crippen LogP contribution in [-0.2, 0) is 9.59 Å². The number of rotatable bonds is 4. The molecule has 0 aromatic carbocycles. The molecule has 0 radical (unpaired) electrons. The van der Waals surface area contributed by atoms with Gasteiger partial charge in [-0.3, -0.25) is 14.9 Å². The monoisotopic (exact) mass is 360 g/mol. The predicted octanol–water partition coefficient (Wildman–Crippen LogP) is 3.42. The number of nitrogens with one attached hydrogen (secondary N) is 2. The Morgan fingerprint density at radius 2 is 1.46 bits per heavy atom. The van der Waals surface area contributed by atoms with Crippen molar-refractivity contribution >= 4 is 17.7 Å². The molecule has 2 N–H and O–H groups in total. The molecule has 5 fully saturated rings. The van der Waals surface area contributed by atoms with Gasteiger partial charge in [-0.05, 0) is 81.0 Å². The van der Waals surface area contributed by atoms with Crippen LogP contribution in [0.4, 0.5) is 4.79 Å². The summed E-state index contributed by atoms with van der Waals surface area (Å²) in [5, 5.41) is 5.75. The Bertz CT molecular complexity index is 604. The molecule has 5 aliphatic rings. The standard InChI is InChI=1S/C21H32N2O3/c1-12(24)17-7-16(20(17,2)3)8-18(25)22-19(26)23-21-9-13-4-14(10-21)6-15(5-13)11-21/h13-17H,4-11H2,1-3H3,(H2,22,23,25,26). The molecule has 144 valence electrons. The number of ketones is 1. The summed E-state index contributed by atoms with van der Waals surface area (Å²) < 4.78 is 0. The van der Waals surface area contributed by atoms with Crippen molar-refractivity contribution in [2.24, 2.45) is 35.0 Å². The average molecular weight is 360 g/mol. The second-order valence-electron chi connectivity index (χ2n) is 10.3. The first-order chi connectivity index (χ1) is 12.2. The number of hydrogen-bond donors (Lipinski definition) is 2. The Labute approximate surface area is 156 Å². The molecule has 5 nitrogen and oxygen atoms in total. The zero-order valence-corrected chi connectivity index (χ0v) is 16.3. The Morgan fingerprint density at radius 3 is 1.92 bits per heavy atom. The summed E-state index contributed by atoms with van der Waals surface area (Å²) in [6.45, 7) is 5.73. The maximum absolute atomic E-state index is 12.5. The molecule has 4 bridgehead atoms. The third-order valence-electron chi connectivity index (χ3n) is 8.06. The smallest absolute Gasteiger partial charge is 0.321 e. The van der Waals surface area contributed by atoms with Gasteiger partial charge in [0.05, 0.1) is 0 Å². The summed E-state index contributed by atoms with van der Waals surface area (Å²) in [4.78, 5) is 36.5. The highest BCUT2D eigenvalue weighted by Crippen LogP contribution is 2.55. The summed E-state index contributed by atoms with van der Waals surface area (Å²) in [6, 6.07) is -0.322. The van der Waals surface area contributed by atoms with E-state index >= 15 is 0 Å². The van der Waals surface area contributed by atoms with Gasteiger partial charge in [-0.25, -0.2) is 4.79 Å². The zero-order valence-electron chi connectivity index (χ0n) is 16.3. The van der Waals surface area contributed by atoms with Crippen molar-refractivity contribution < 1.29 is 14.4 Å². The van der Waals surface area contributed by atoms with E-state index in [0.29, 0.717) is 6.42 Å². The second-order valence-corrected chi connectivity index (χ2v) is 10.3. The van der Waals surface area contributed by atoms with Crippen LogP contribution in [0, 0.1) is 35.0 Å². The molecule has 26 heavy (non-hydrogen) atoms. The van der Waals surface area contributed by atoms with E-state index in [1.54, 1.807) is 6.92 Å². The van der Waals surface area contributed by atoms with E-state index in [4.69, 9.17) is 0 Å². The van der Waals surface area contributed by atoms with E-state index in [1.165, 1.54) is 19.3 Å². The van der Waals surface area contributed by atoms with Crippen molar-refractivity contribution in [3.05, 3.63) is 0 Å². The minimum Gasteiger partial charge on any atom is -0.332 e. The largest absolute Gasteiger partial charge is 0.332 e. The molecular weight excluding hydrogens is 328 g/mol. The van der Waals surface area contributed by atoms with Crippen molar-refractivity contribution in [2.75, 3.05) is 0 Å². The van der Waals surface area contributed by atoms with Crippen molar-refractivity contribution in [3.8, 4) is 0 Å². The predicted molar refractivity (Wildman–Crippen MR) is 98.3 cm³/mol. The fraction of sp³-hybridized carbons (Fsp3) is 0.857. The maximum Gasteiger partial charge on any atom is 0.321 e. The van der Waals surface area contributed by atoms with E-state index in [1.807, 2.05) is 0 Å². The van der Waals surface area contributed by atoms with E-state index in [-0.39, 0.29) is 40.5 Å². The van der Waals surface area contributed by atoms with Crippen molar-refractivity contribution in [3.63, 3.8) is 0 Å². The lowest BCUT2D eigenvalue weighted by Gasteiger charge is -2.56. The molecule has 2 atom stereocenters. The highest BCUT2D eigenvalue weighted by Gasteiger charge is 2.52. The molecule has 0 aromatic heterocycles. The summed E-state index contributed by atoms with van der Waals surface area (Å²) in [7, 11) is 0. The van der Waals surface area contributed by atoms with Crippen LogP contribution in [0.1, 0.15) is 72.1 Å². The third-order valence-corrected chi connectivity index (χ3v) is 8.06. The van der Waals surface area contributed by atoms with Crippen LogP contribution in [-0.4, -0.2) is 23.3 Å². The Kier molecular flexibility index (Phi) is 4.20. The number of hydrogen-bond acceptors (Lipinski definition) is 3. The fourth-order valence-electron chi connectivity index (χ4n) is 6.99. The molecular formula is C21H32N2O3. The van der Waals surface area contributed by atoms with Gasteiger partial charge in [0.15, 0.2) is 0 Å². The number of imide groups is 1. The number of Topliss-reactive ketones (excluding diaryl/α,β-unsaturated/α-hetero) is 1. The van der Waals surface area contributed by atoms with Crippen LogP contribution in [0.25, 0.3) is 0 Å². The minimum atomic E-state index is -0.322. The van der Waals surface area contributed by atoms with Crippen LogP contribution >= 0.6 is 0 Å². The van der Waals surface area contributed by atoms with Gasteiger partial charge in [-0.1, -0.05) is 13.8 Å². The summed E-state index contributed by atoms with van der Waals surface area (Å²) in [5.41, 5.74) is -0.228. The van der Waals surface area contributed by atoms with Crippen molar-refractivity contribution in [1.29, 1.82) is 0 Å². The number of amides is 3. The summed E-state index contributed by atoms with van der Waals surface area (Å²) in [5.74, 6) is 2.48. The molecule has 0 saturated heterocycles. The van der Waals surface area contributed by atoms with Gasteiger partial charge in [0, 0.05) is 17.9 Å². The minimum absolute atomic E-state index is 0.0427. The molecule has 3 amide bonds. The van der Waals surface area contributed by atoms with Gasteiger partial charge in [0.25, 0.3) is 0 Å². The van der Waals surface area contributed by atoms with E-state index < -0.39 is 0 Å². The Morgan fingerprint density at radius 1 is 0.923 bits per heavy atom. The van der Waals surface area contributed by atoms with E-state index in [0.717, 1.165) is 43.4 Å². The molecule has 0 spiro atoms. The Hall–Kier alpha value is -1.39. The second kappa shape index (κ2) is 6.07. The highest BCUT2D eigenvalue weighted by molar-refractivity contribution is 5.95. The topological polar surface area (TPSA) is 75.3 Å². The molecule has 0 aliphatic heterocycles. The molecule has 0 aromatic rings. The van der Waals surface area contributed by atoms with Crippen molar-refractivity contribution in [2.45, 2.75) is 77.7 Å². The Balaban J connectivity index is 1.29. The first-order valence-corrected chi connectivity index (χ1v) is 10.3. The number of urea groups is 1. The molecule has 5 aliphatic carbocycles. The molecule has 5 heteroatoms. The van der Waals surface area contributed by atoms with Crippen LogP contribution in [0.3, 0.4) is 0 Å². The fourth-order valence-corrected chi connectivity index (χ4v) is 6.99. The third kappa shape index (κ3) is 3.07. The number of carbonyl (C=O) groups is 3. The van der Waals surface area contributed by atoms with Crippen LogP contribution in [0.15, 0.2) is 0 Å². The van der Waals surface area contributed by atoms with Gasteiger partial charge in [-0.15, -0.1) is 0 Å². The first-order valence-electron chi connectivity index (χ1n) is 10.3. The van der Waals surface area contributed by atoms with E-state index in [2.05, 4.69) is 24.5 Å². The highest BCUT2D eigenvalue weighted by atomic mass is 16.2. The van der Waals surface area contributed by atoms with Gasteiger partial charge < -0.3 is 5.32 Å². The SMILES string of the molecule is CC(=O)C1CC(CC(=O)NC(=O)NC23CC4CC(CC(C4)C2)C3)C1(C)C. The first kappa shape index (κ1) is 18.0.